The van der Waals surface area contributed by atoms with Gasteiger partial charge in [-0.3, -0.25) is 23.7 Å². The number of H-pyrrole nitrogens is 1. The van der Waals surface area contributed by atoms with Crippen molar-refractivity contribution in [3.63, 3.8) is 0 Å². The molecular formula is C47H48N4O7S. The molecule has 1 N–H and O–H groups in total. The van der Waals surface area contributed by atoms with E-state index in [1.807, 2.05) is 71.6 Å². The van der Waals surface area contributed by atoms with Gasteiger partial charge in [-0.15, -0.1) is 0 Å². The zero-order valence-corrected chi connectivity index (χ0v) is 33.9. The SMILES string of the molecule is CS(=O)(=O)OCC1CCC(c2ccnc3ccccc23)CC1.O=c1[nH]c2ccccc2o1.O=c1oc2ccccc2n1CC1CCC(c2ccnc3ccccc23)CC1. The molecule has 2 aliphatic rings. The minimum Gasteiger partial charge on any atom is -0.408 e. The second-order valence-corrected chi connectivity index (χ2v) is 17.4. The van der Waals surface area contributed by atoms with Crippen molar-refractivity contribution in [2.24, 2.45) is 11.8 Å². The highest BCUT2D eigenvalue weighted by Gasteiger charge is 2.26. The molecule has 0 radical (unpaired) electrons. The zero-order chi connectivity index (χ0) is 40.8. The average molecular weight is 813 g/mol. The number of fused-ring (bicyclic) bond motifs is 4. The summed E-state index contributed by atoms with van der Waals surface area (Å²) in [4.78, 5) is 34.2. The Morgan fingerprint density at radius 2 is 1.17 bits per heavy atom. The van der Waals surface area contributed by atoms with Crippen LogP contribution in [0.5, 0.6) is 0 Å². The lowest BCUT2D eigenvalue weighted by Crippen LogP contribution is -2.23. The Kier molecular flexibility index (Phi) is 12.2. The molecule has 8 aromatic rings. The highest BCUT2D eigenvalue weighted by molar-refractivity contribution is 7.85. The van der Waals surface area contributed by atoms with Crippen LogP contribution in [0.4, 0.5) is 0 Å². The third-order valence-electron chi connectivity index (χ3n) is 11.8. The number of rotatable bonds is 7. The standard InChI is InChI=1S/C23H22N2O2.C17H21NO3S.C7H5NO2/c26-23-25(21-7-3-4-8-22(21)27-23)15-16-9-11-17(12-10-16)18-13-14-24-20-6-2-1-5-19(18)20;1-22(19,20)21-12-13-6-8-14(9-7-13)15-10-11-18-17-5-3-2-4-16(15)17;9-7-8-5-3-1-2-4-6(5)10-7/h1-8,13-14,16-17H,9-12,15H2;2-5,10-11,13-14H,6-9,12H2,1H3;1-4H,(H,8,9). The van der Waals surface area contributed by atoms with Crippen molar-refractivity contribution in [2.75, 3.05) is 12.9 Å². The van der Waals surface area contributed by atoms with Gasteiger partial charge in [-0.25, -0.2) is 9.59 Å². The normalized spacial score (nSPS) is 19.5. The second-order valence-electron chi connectivity index (χ2n) is 15.7. The van der Waals surface area contributed by atoms with Gasteiger partial charge in [0.05, 0.1) is 34.9 Å². The van der Waals surface area contributed by atoms with Crippen molar-refractivity contribution >= 4 is 54.1 Å². The smallest absolute Gasteiger partial charge is 0.408 e. The van der Waals surface area contributed by atoms with Crippen LogP contribution in [0.25, 0.3) is 44.0 Å². The molecule has 10 rings (SSSR count). The lowest BCUT2D eigenvalue weighted by molar-refractivity contribution is 0.206. The summed E-state index contributed by atoms with van der Waals surface area (Å²) in [6.45, 7) is 1.07. The Hall–Kier alpha value is -5.85. The topological polar surface area (TPSA) is 150 Å². The van der Waals surface area contributed by atoms with Crippen LogP contribution in [-0.2, 0) is 20.8 Å². The molecule has 59 heavy (non-hydrogen) atoms. The van der Waals surface area contributed by atoms with Crippen LogP contribution >= 0.6 is 0 Å². The van der Waals surface area contributed by atoms with Crippen LogP contribution < -0.4 is 11.5 Å². The molecule has 0 amide bonds. The Morgan fingerprint density at radius 1 is 0.644 bits per heavy atom. The Bertz CT molecular complexity index is 2850. The lowest BCUT2D eigenvalue weighted by atomic mass is 9.78. The van der Waals surface area contributed by atoms with E-state index in [0.29, 0.717) is 41.4 Å². The molecule has 0 atom stereocenters. The molecule has 2 saturated carbocycles. The maximum Gasteiger partial charge on any atom is 0.419 e. The first-order valence-corrected chi connectivity index (χ1v) is 22.2. The first kappa shape index (κ1) is 40.0. The molecule has 0 aliphatic heterocycles. The number of pyridine rings is 2. The number of hydrogen-bond acceptors (Lipinski definition) is 9. The third-order valence-corrected chi connectivity index (χ3v) is 12.4. The Labute approximate surface area is 342 Å². The largest absolute Gasteiger partial charge is 0.419 e. The maximum absolute atomic E-state index is 12.2. The summed E-state index contributed by atoms with van der Waals surface area (Å²) in [6, 6.07) is 35.8. The predicted octanol–water partition coefficient (Wildman–Crippen LogP) is 9.72. The number of hydrogen-bond donors (Lipinski definition) is 1. The summed E-state index contributed by atoms with van der Waals surface area (Å²) in [5, 5.41) is 2.52. The van der Waals surface area contributed by atoms with Gasteiger partial charge in [0.2, 0.25) is 0 Å². The van der Waals surface area contributed by atoms with E-state index in [-0.39, 0.29) is 5.76 Å². The Balaban J connectivity index is 0.000000135. The minimum atomic E-state index is -3.33. The number of benzene rings is 4. The highest BCUT2D eigenvalue weighted by Crippen LogP contribution is 2.40. The molecule has 0 unspecified atom stereocenters. The average Bonchev–Trinajstić information content (AvgIpc) is 3.80. The molecule has 12 heteroatoms. The summed E-state index contributed by atoms with van der Waals surface area (Å²) in [7, 11) is -3.33. The summed E-state index contributed by atoms with van der Waals surface area (Å²) in [5.41, 5.74) is 7.85. The van der Waals surface area contributed by atoms with E-state index in [4.69, 9.17) is 13.0 Å². The number of aromatic amines is 1. The first-order valence-electron chi connectivity index (χ1n) is 20.4. The molecule has 2 aliphatic carbocycles. The van der Waals surface area contributed by atoms with E-state index < -0.39 is 15.9 Å². The number of nitrogens with zero attached hydrogens (tertiary/aromatic N) is 3. The van der Waals surface area contributed by atoms with E-state index in [0.717, 1.165) is 86.2 Å². The van der Waals surface area contributed by atoms with E-state index in [1.54, 1.807) is 12.1 Å². The van der Waals surface area contributed by atoms with Gasteiger partial charge in [0.1, 0.15) is 0 Å². The van der Waals surface area contributed by atoms with Crippen molar-refractivity contribution in [3.05, 3.63) is 154 Å². The van der Waals surface area contributed by atoms with Crippen LogP contribution in [0, 0.1) is 11.8 Å². The highest BCUT2D eigenvalue weighted by atomic mass is 32.2. The minimum absolute atomic E-state index is 0.238. The fourth-order valence-corrected chi connectivity index (χ4v) is 9.24. The van der Waals surface area contributed by atoms with Gasteiger partial charge in [-0.2, -0.15) is 8.42 Å². The molecular weight excluding hydrogens is 765 g/mol. The van der Waals surface area contributed by atoms with E-state index in [2.05, 4.69) is 57.4 Å². The quantitative estimate of drug-likeness (QED) is 0.155. The van der Waals surface area contributed by atoms with Crippen LogP contribution in [0.1, 0.15) is 74.3 Å². The van der Waals surface area contributed by atoms with E-state index >= 15 is 0 Å². The van der Waals surface area contributed by atoms with Crippen molar-refractivity contribution in [1.29, 1.82) is 0 Å². The number of nitrogens with one attached hydrogen (secondary N) is 1. The summed E-state index contributed by atoms with van der Waals surface area (Å²) >= 11 is 0. The lowest BCUT2D eigenvalue weighted by Gasteiger charge is -2.29. The van der Waals surface area contributed by atoms with Crippen LogP contribution in [0.2, 0.25) is 0 Å². The molecule has 0 saturated heterocycles. The van der Waals surface area contributed by atoms with Gasteiger partial charge in [0.15, 0.2) is 11.2 Å². The molecule has 4 aromatic carbocycles. The molecule has 2 fully saturated rings. The summed E-state index contributed by atoms with van der Waals surface area (Å²) in [5.74, 6) is 1.33. The van der Waals surface area contributed by atoms with Crippen LogP contribution in [-0.4, -0.2) is 40.8 Å². The summed E-state index contributed by atoms with van der Waals surface area (Å²) < 4.78 is 39.0. The Morgan fingerprint density at radius 3 is 1.76 bits per heavy atom. The maximum atomic E-state index is 12.2. The predicted molar refractivity (Wildman–Crippen MR) is 231 cm³/mol. The van der Waals surface area contributed by atoms with Gasteiger partial charge in [-0.1, -0.05) is 60.7 Å². The van der Waals surface area contributed by atoms with Crippen molar-refractivity contribution in [3.8, 4) is 0 Å². The molecule has 11 nitrogen and oxygen atoms in total. The monoisotopic (exact) mass is 812 g/mol. The molecule has 0 spiro atoms. The fraction of sp³-hybridized carbons (Fsp3) is 0.319. The van der Waals surface area contributed by atoms with Gasteiger partial charge < -0.3 is 8.83 Å². The first-order chi connectivity index (χ1) is 28.7. The molecule has 304 valence electrons. The van der Waals surface area contributed by atoms with Crippen LogP contribution in [0.3, 0.4) is 0 Å². The van der Waals surface area contributed by atoms with Crippen molar-refractivity contribution in [2.45, 2.75) is 69.7 Å². The third kappa shape index (κ3) is 9.72. The van der Waals surface area contributed by atoms with Crippen LogP contribution in [0.15, 0.2) is 140 Å². The van der Waals surface area contributed by atoms with Crippen molar-refractivity contribution in [1.82, 2.24) is 19.5 Å². The van der Waals surface area contributed by atoms with Gasteiger partial charge >= 0.3 is 11.5 Å². The second kappa shape index (κ2) is 18.0. The summed E-state index contributed by atoms with van der Waals surface area (Å²) in [6.07, 6.45) is 13.7. The number of aromatic nitrogens is 4. The van der Waals surface area contributed by atoms with Crippen molar-refractivity contribution < 1.29 is 21.4 Å². The zero-order valence-electron chi connectivity index (χ0n) is 33.0. The fourth-order valence-electron chi connectivity index (χ4n) is 8.80. The number of para-hydroxylation sites is 6. The van der Waals surface area contributed by atoms with Gasteiger partial charge in [-0.05, 0) is 135 Å². The molecule has 4 aromatic heterocycles. The number of oxazole rings is 2. The molecule has 0 bridgehead atoms. The molecule has 4 heterocycles. The van der Waals surface area contributed by atoms with Gasteiger partial charge in [0.25, 0.3) is 10.1 Å². The van der Waals surface area contributed by atoms with Gasteiger partial charge in [0, 0.05) is 29.7 Å². The van der Waals surface area contributed by atoms with E-state index in [1.165, 1.54) is 21.9 Å². The van der Waals surface area contributed by atoms with E-state index in [9.17, 15) is 18.0 Å².